The van der Waals surface area contributed by atoms with E-state index >= 15 is 0 Å². The zero-order chi connectivity index (χ0) is 27.7. The topological polar surface area (TPSA) is 69.9 Å². The fourth-order valence-corrected chi connectivity index (χ4v) is 5.93. The van der Waals surface area contributed by atoms with Crippen LogP contribution < -0.4 is 19.6 Å². The van der Waals surface area contributed by atoms with E-state index in [9.17, 15) is 9.59 Å². The monoisotopic (exact) mass is 598 g/mol. The minimum Gasteiger partial charge on any atom is -0.489 e. The second kappa shape index (κ2) is 11.4. The van der Waals surface area contributed by atoms with Crippen molar-refractivity contribution in [3.05, 3.63) is 129 Å². The molecule has 4 aromatic rings. The summed E-state index contributed by atoms with van der Waals surface area (Å²) in [5.74, 6) is 0.0709. The molecule has 0 radical (unpaired) electrons. The van der Waals surface area contributed by atoms with E-state index in [1.165, 1.54) is 23.0 Å². The van der Waals surface area contributed by atoms with Crippen LogP contribution in [0.2, 0.25) is 15.1 Å². The summed E-state index contributed by atoms with van der Waals surface area (Å²) in [6.45, 7) is 2.00. The number of benzene rings is 3. The molecule has 1 aliphatic heterocycles. The van der Waals surface area contributed by atoms with E-state index in [-0.39, 0.29) is 12.2 Å². The van der Waals surface area contributed by atoms with Gasteiger partial charge in [0.1, 0.15) is 12.4 Å². The van der Waals surface area contributed by atoms with E-state index in [4.69, 9.17) is 44.3 Å². The maximum atomic E-state index is 13.7. The van der Waals surface area contributed by atoms with Crippen LogP contribution in [0.4, 0.5) is 0 Å². The Hall–Kier alpha value is -3.36. The fraction of sp³-hybridized carbons (Fsp3) is 0.138. The number of ether oxygens (including phenoxy) is 2. The average Bonchev–Trinajstić information content (AvgIpc) is 3.21. The van der Waals surface area contributed by atoms with Gasteiger partial charge in [0.2, 0.25) is 0 Å². The van der Waals surface area contributed by atoms with Crippen molar-refractivity contribution in [2.75, 3.05) is 7.11 Å². The van der Waals surface area contributed by atoms with Crippen LogP contribution in [-0.4, -0.2) is 17.6 Å². The molecule has 198 valence electrons. The van der Waals surface area contributed by atoms with Crippen LogP contribution in [0.5, 0.6) is 5.75 Å². The van der Waals surface area contributed by atoms with Crippen molar-refractivity contribution in [2.45, 2.75) is 19.6 Å². The van der Waals surface area contributed by atoms with E-state index in [1.54, 1.807) is 49.4 Å². The highest BCUT2D eigenvalue weighted by Crippen LogP contribution is 2.31. The van der Waals surface area contributed by atoms with Crippen LogP contribution in [0.3, 0.4) is 0 Å². The molecule has 1 atom stereocenters. The molecule has 1 aromatic heterocycles. The Kier molecular flexibility index (Phi) is 7.96. The van der Waals surface area contributed by atoms with Crippen molar-refractivity contribution < 1.29 is 14.3 Å². The van der Waals surface area contributed by atoms with E-state index in [1.807, 2.05) is 30.3 Å². The number of esters is 1. The Labute approximate surface area is 243 Å². The molecular formula is C29H21Cl3N2O4S. The summed E-state index contributed by atoms with van der Waals surface area (Å²) in [5.41, 5.74) is 2.82. The standard InChI is InChI=1S/C29H21Cl3N2O4S/c1-16-25(28(36)37-2)26(18-6-9-20(30)10-7-18)34-27(35)24(39-29(34)33-16)13-17-4-3-5-22(12-17)38-15-19-8-11-21(31)14-23(19)32/h3-14,26H,15H2,1-2H3/b24-13-/t26-/m0/s1. The quantitative estimate of drug-likeness (QED) is 0.257. The number of rotatable bonds is 6. The molecule has 6 nitrogen and oxygen atoms in total. The summed E-state index contributed by atoms with van der Waals surface area (Å²) in [5, 5.41) is 1.63. The third-order valence-corrected chi connectivity index (χ3v) is 8.00. The maximum absolute atomic E-state index is 13.7. The second-order valence-corrected chi connectivity index (χ2v) is 11.0. The predicted molar refractivity (Wildman–Crippen MR) is 154 cm³/mol. The number of nitrogens with zero attached hydrogens (tertiary/aromatic N) is 2. The molecule has 1 aliphatic rings. The van der Waals surface area contributed by atoms with Crippen LogP contribution in [0.25, 0.3) is 6.08 Å². The molecule has 0 amide bonds. The van der Waals surface area contributed by atoms with Gasteiger partial charge in [-0.05, 0) is 60.5 Å². The highest BCUT2D eigenvalue weighted by molar-refractivity contribution is 7.07. The summed E-state index contributed by atoms with van der Waals surface area (Å²) in [4.78, 5) is 31.6. The molecule has 0 saturated carbocycles. The van der Waals surface area contributed by atoms with Gasteiger partial charge in [0.15, 0.2) is 4.80 Å². The molecule has 0 fully saturated rings. The van der Waals surface area contributed by atoms with Gasteiger partial charge in [0, 0.05) is 20.6 Å². The molecule has 0 bridgehead atoms. The molecule has 0 spiro atoms. The van der Waals surface area contributed by atoms with Gasteiger partial charge in [-0.1, -0.05) is 76.5 Å². The summed E-state index contributed by atoms with van der Waals surface area (Å²) in [6.07, 6.45) is 1.78. The molecule has 39 heavy (non-hydrogen) atoms. The van der Waals surface area contributed by atoms with Crippen molar-refractivity contribution in [2.24, 2.45) is 4.99 Å². The van der Waals surface area contributed by atoms with Gasteiger partial charge in [0.05, 0.1) is 29.0 Å². The number of hydrogen-bond acceptors (Lipinski definition) is 6. The van der Waals surface area contributed by atoms with Crippen molar-refractivity contribution in [3.8, 4) is 5.75 Å². The van der Waals surface area contributed by atoms with Gasteiger partial charge in [-0.2, -0.15) is 0 Å². The number of methoxy groups -OCH3 is 1. The molecule has 0 aliphatic carbocycles. The van der Waals surface area contributed by atoms with Gasteiger partial charge in [0.25, 0.3) is 5.56 Å². The lowest BCUT2D eigenvalue weighted by Crippen LogP contribution is -2.39. The molecule has 3 aromatic carbocycles. The third kappa shape index (κ3) is 5.68. The van der Waals surface area contributed by atoms with Gasteiger partial charge >= 0.3 is 5.97 Å². The Balaban J connectivity index is 1.53. The minimum atomic E-state index is -0.702. The lowest BCUT2D eigenvalue weighted by molar-refractivity contribution is -0.136. The molecule has 0 N–H and O–H groups in total. The smallest absolute Gasteiger partial charge is 0.338 e. The average molecular weight is 600 g/mol. The number of halogens is 3. The Morgan fingerprint density at radius 2 is 1.79 bits per heavy atom. The lowest BCUT2D eigenvalue weighted by atomic mass is 9.96. The highest BCUT2D eigenvalue weighted by Gasteiger charge is 2.33. The van der Waals surface area contributed by atoms with Crippen molar-refractivity contribution in [1.82, 2.24) is 4.57 Å². The Morgan fingerprint density at radius 1 is 1.05 bits per heavy atom. The lowest BCUT2D eigenvalue weighted by Gasteiger charge is -2.24. The Bertz CT molecular complexity index is 1790. The van der Waals surface area contributed by atoms with Crippen molar-refractivity contribution >= 4 is 58.2 Å². The predicted octanol–water partition coefficient (Wildman–Crippen LogP) is 5.95. The Morgan fingerprint density at radius 3 is 2.51 bits per heavy atom. The summed E-state index contributed by atoms with van der Waals surface area (Å²) >= 11 is 19.6. The zero-order valence-electron chi connectivity index (χ0n) is 20.8. The first-order chi connectivity index (χ1) is 18.7. The molecular weight excluding hydrogens is 579 g/mol. The first kappa shape index (κ1) is 27.2. The van der Waals surface area contributed by atoms with E-state index in [0.29, 0.717) is 41.4 Å². The van der Waals surface area contributed by atoms with Crippen LogP contribution in [0, 0.1) is 0 Å². The van der Waals surface area contributed by atoms with Crippen LogP contribution in [-0.2, 0) is 16.1 Å². The number of allylic oxidation sites excluding steroid dienone is 1. The van der Waals surface area contributed by atoms with Gasteiger partial charge < -0.3 is 9.47 Å². The number of carbonyl (C=O) groups is 1. The first-order valence-corrected chi connectivity index (χ1v) is 13.7. The van der Waals surface area contributed by atoms with Gasteiger partial charge in [-0.15, -0.1) is 0 Å². The number of fused-ring (bicyclic) bond motifs is 1. The second-order valence-electron chi connectivity index (χ2n) is 8.72. The summed E-state index contributed by atoms with van der Waals surface area (Å²) in [6, 6.07) is 19.0. The maximum Gasteiger partial charge on any atom is 0.338 e. The summed E-state index contributed by atoms with van der Waals surface area (Å²) < 4.78 is 13.0. The van der Waals surface area contributed by atoms with Crippen LogP contribution in [0.15, 0.2) is 87.8 Å². The number of carbonyl (C=O) groups excluding carboxylic acids is 1. The number of aromatic nitrogens is 1. The van der Waals surface area contributed by atoms with E-state index in [0.717, 1.165) is 16.7 Å². The summed E-state index contributed by atoms with van der Waals surface area (Å²) in [7, 11) is 1.31. The molecule has 10 heteroatoms. The van der Waals surface area contributed by atoms with E-state index < -0.39 is 12.0 Å². The van der Waals surface area contributed by atoms with E-state index in [2.05, 4.69) is 4.99 Å². The molecule has 2 heterocycles. The SMILES string of the molecule is COC(=O)C1=C(C)N=c2s/c(=C\c3cccc(OCc4ccc(Cl)cc4Cl)c3)c(=O)n2[C@H]1c1ccc(Cl)cc1. The first-order valence-electron chi connectivity index (χ1n) is 11.8. The zero-order valence-corrected chi connectivity index (χ0v) is 23.9. The number of hydrogen-bond donors (Lipinski definition) is 0. The molecule has 0 saturated heterocycles. The van der Waals surface area contributed by atoms with Gasteiger partial charge in [-0.25, -0.2) is 9.79 Å². The molecule has 0 unspecified atom stereocenters. The largest absolute Gasteiger partial charge is 0.489 e. The normalized spacial score (nSPS) is 15.1. The number of thiazole rings is 1. The minimum absolute atomic E-state index is 0.262. The third-order valence-electron chi connectivity index (χ3n) is 6.18. The van der Waals surface area contributed by atoms with Gasteiger partial charge in [-0.3, -0.25) is 9.36 Å². The molecule has 5 rings (SSSR count). The van der Waals surface area contributed by atoms with Crippen molar-refractivity contribution in [3.63, 3.8) is 0 Å². The van der Waals surface area contributed by atoms with Crippen LogP contribution >= 0.6 is 46.1 Å². The van der Waals surface area contributed by atoms with Crippen LogP contribution in [0.1, 0.15) is 29.7 Å². The fourth-order valence-electron chi connectivity index (χ4n) is 4.30. The highest BCUT2D eigenvalue weighted by atomic mass is 35.5. The van der Waals surface area contributed by atoms with Crippen molar-refractivity contribution in [1.29, 1.82) is 0 Å².